The molecule has 4 rings (SSSR count). The van der Waals surface area contributed by atoms with E-state index in [0.717, 1.165) is 36.2 Å². The lowest BCUT2D eigenvalue weighted by atomic mass is 10.2. The van der Waals surface area contributed by atoms with Gasteiger partial charge in [0, 0.05) is 54.9 Å². The molecule has 0 atom stereocenters. The molecule has 7 heteroatoms. The molecule has 1 saturated heterocycles. The zero-order valence-electron chi connectivity index (χ0n) is 17.1. The lowest BCUT2D eigenvalue weighted by Gasteiger charge is -2.26. The van der Waals surface area contributed by atoms with Crippen molar-refractivity contribution in [2.24, 2.45) is 0 Å². The molecule has 1 amide bonds. The third-order valence-electron chi connectivity index (χ3n) is 4.94. The van der Waals surface area contributed by atoms with Gasteiger partial charge in [-0.05, 0) is 42.3 Å². The van der Waals surface area contributed by atoms with E-state index >= 15 is 0 Å². The molecule has 30 heavy (non-hydrogen) atoms. The highest BCUT2D eigenvalue weighted by molar-refractivity contribution is 7.99. The number of aromatic nitrogens is 2. The number of nitrogens with one attached hydrogen (secondary N) is 1. The topological polar surface area (TPSA) is 50.2 Å². The van der Waals surface area contributed by atoms with Crippen LogP contribution in [0, 0.1) is 6.92 Å². The Morgan fingerprint density at radius 3 is 2.83 bits per heavy atom. The molecule has 0 unspecified atom stereocenters. The number of benzene rings is 2. The van der Waals surface area contributed by atoms with Crippen molar-refractivity contribution in [1.82, 2.24) is 14.5 Å². The number of nitrogens with zero attached hydrogens (tertiary/aromatic N) is 3. The molecule has 2 aromatic carbocycles. The van der Waals surface area contributed by atoms with Gasteiger partial charge in [-0.2, -0.15) is 11.8 Å². The first kappa shape index (κ1) is 21.0. The number of hydrogen-bond acceptors (Lipinski definition) is 5. The number of anilines is 1. The Labute approximate surface area is 186 Å². The molecular formula is C23H26N4OS2. The number of thioether (sulfide) groups is 2. The summed E-state index contributed by atoms with van der Waals surface area (Å²) >= 11 is 3.46. The van der Waals surface area contributed by atoms with Crippen molar-refractivity contribution in [3.8, 4) is 5.69 Å². The number of aryl methyl sites for hydroxylation is 1. The van der Waals surface area contributed by atoms with Gasteiger partial charge in [0.25, 0.3) is 0 Å². The first-order valence-corrected chi connectivity index (χ1v) is 12.2. The van der Waals surface area contributed by atoms with E-state index in [1.807, 2.05) is 46.8 Å². The van der Waals surface area contributed by atoms with Gasteiger partial charge >= 0.3 is 0 Å². The van der Waals surface area contributed by atoms with Gasteiger partial charge in [-0.15, -0.1) is 0 Å². The Balaban J connectivity index is 1.33. The van der Waals surface area contributed by atoms with Gasteiger partial charge in [0.2, 0.25) is 5.91 Å². The normalized spacial score (nSPS) is 14.6. The van der Waals surface area contributed by atoms with Crippen LogP contribution in [0.1, 0.15) is 11.1 Å². The number of hydrogen-bond donors (Lipinski definition) is 1. The number of carbonyl (C=O) groups is 1. The highest BCUT2D eigenvalue weighted by atomic mass is 32.2. The van der Waals surface area contributed by atoms with Crippen LogP contribution in [0.15, 0.2) is 66.1 Å². The van der Waals surface area contributed by atoms with Crippen molar-refractivity contribution in [2.75, 3.05) is 35.7 Å². The summed E-state index contributed by atoms with van der Waals surface area (Å²) < 4.78 is 2.02. The first-order chi connectivity index (χ1) is 14.7. The van der Waals surface area contributed by atoms with Crippen LogP contribution in [0.5, 0.6) is 0 Å². The van der Waals surface area contributed by atoms with Gasteiger partial charge in [0.15, 0.2) is 5.16 Å². The van der Waals surface area contributed by atoms with Crippen molar-refractivity contribution >= 4 is 35.1 Å². The van der Waals surface area contributed by atoms with Crippen molar-refractivity contribution in [1.29, 1.82) is 0 Å². The third kappa shape index (κ3) is 5.68. The van der Waals surface area contributed by atoms with Crippen LogP contribution >= 0.6 is 23.5 Å². The molecule has 1 aliphatic rings. The molecule has 1 aromatic heterocycles. The van der Waals surface area contributed by atoms with Crippen LogP contribution in [-0.4, -0.2) is 50.7 Å². The monoisotopic (exact) mass is 438 g/mol. The highest BCUT2D eigenvalue weighted by Gasteiger charge is 2.12. The summed E-state index contributed by atoms with van der Waals surface area (Å²) in [7, 11) is 0. The Morgan fingerprint density at radius 2 is 2.00 bits per heavy atom. The fourth-order valence-electron chi connectivity index (χ4n) is 3.46. The average Bonchev–Trinajstić information content (AvgIpc) is 3.22. The zero-order valence-corrected chi connectivity index (χ0v) is 18.7. The van der Waals surface area contributed by atoms with Crippen LogP contribution in [0.4, 0.5) is 5.69 Å². The molecule has 2 heterocycles. The van der Waals surface area contributed by atoms with E-state index in [4.69, 9.17) is 0 Å². The van der Waals surface area contributed by atoms with Crippen LogP contribution in [-0.2, 0) is 11.3 Å². The summed E-state index contributed by atoms with van der Waals surface area (Å²) in [5.41, 5.74) is 4.34. The fourth-order valence-corrected chi connectivity index (χ4v) is 5.21. The third-order valence-corrected chi connectivity index (χ3v) is 6.85. The molecule has 1 N–H and O–H groups in total. The van der Waals surface area contributed by atoms with Gasteiger partial charge < -0.3 is 5.32 Å². The van der Waals surface area contributed by atoms with Crippen LogP contribution in [0.2, 0.25) is 0 Å². The second-order valence-electron chi connectivity index (χ2n) is 7.34. The fraction of sp³-hybridized carbons (Fsp3) is 0.304. The summed E-state index contributed by atoms with van der Waals surface area (Å²) in [5, 5.41) is 3.84. The summed E-state index contributed by atoms with van der Waals surface area (Å²) in [4.78, 5) is 19.4. The molecular weight excluding hydrogens is 412 g/mol. The first-order valence-electron chi connectivity index (χ1n) is 10.1. The van der Waals surface area contributed by atoms with Crippen molar-refractivity contribution in [3.05, 3.63) is 72.1 Å². The molecule has 5 nitrogen and oxygen atoms in total. The molecule has 0 radical (unpaired) electrons. The maximum Gasteiger partial charge on any atom is 0.234 e. The minimum absolute atomic E-state index is 0.0229. The Hall–Kier alpha value is -2.22. The summed E-state index contributed by atoms with van der Waals surface area (Å²) in [6.07, 6.45) is 3.70. The van der Waals surface area contributed by atoms with Gasteiger partial charge in [-0.25, -0.2) is 4.98 Å². The summed E-state index contributed by atoms with van der Waals surface area (Å²) in [6, 6.07) is 16.4. The second-order valence-corrected chi connectivity index (χ2v) is 9.51. The van der Waals surface area contributed by atoms with Crippen LogP contribution < -0.4 is 5.32 Å². The maximum absolute atomic E-state index is 12.5. The predicted molar refractivity (Wildman–Crippen MR) is 127 cm³/mol. The minimum Gasteiger partial charge on any atom is -0.325 e. The maximum atomic E-state index is 12.5. The van der Waals surface area contributed by atoms with E-state index in [9.17, 15) is 4.79 Å². The largest absolute Gasteiger partial charge is 0.325 e. The average molecular weight is 439 g/mol. The molecule has 0 saturated carbocycles. The highest BCUT2D eigenvalue weighted by Crippen LogP contribution is 2.22. The Morgan fingerprint density at radius 1 is 1.17 bits per heavy atom. The molecule has 3 aromatic rings. The Bertz CT molecular complexity index is 998. The number of imidazole rings is 1. The van der Waals surface area contributed by atoms with E-state index in [1.54, 1.807) is 6.20 Å². The quantitative estimate of drug-likeness (QED) is 0.552. The molecule has 156 valence electrons. The molecule has 0 spiro atoms. The SMILES string of the molecule is Cc1cccc(-n2ccnc2SCC(=O)Nc2cccc(CN3CCSCC3)c2)c1. The van der Waals surface area contributed by atoms with Crippen molar-refractivity contribution < 1.29 is 4.79 Å². The van der Waals surface area contributed by atoms with E-state index in [1.165, 1.54) is 34.4 Å². The smallest absolute Gasteiger partial charge is 0.234 e. The number of rotatable bonds is 7. The zero-order chi connectivity index (χ0) is 20.8. The lowest BCUT2D eigenvalue weighted by molar-refractivity contribution is -0.113. The van der Waals surface area contributed by atoms with Gasteiger partial charge in [0.05, 0.1) is 5.75 Å². The predicted octanol–water partition coefficient (Wildman–Crippen LogP) is 4.46. The van der Waals surface area contributed by atoms with Crippen LogP contribution in [0.3, 0.4) is 0 Å². The summed E-state index contributed by atoms with van der Waals surface area (Å²) in [6.45, 7) is 5.27. The molecule has 0 aliphatic carbocycles. The van der Waals surface area contributed by atoms with Gasteiger partial charge in [0.1, 0.15) is 0 Å². The van der Waals surface area contributed by atoms with Crippen LogP contribution in [0.25, 0.3) is 5.69 Å². The van der Waals surface area contributed by atoms with E-state index < -0.39 is 0 Å². The summed E-state index contributed by atoms with van der Waals surface area (Å²) in [5.74, 6) is 2.69. The Kier molecular flexibility index (Phi) is 7.15. The van der Waals surface area contributed by atoms with Crippen molar-refractivity contribution in [3.63, 3.8) is 0 Å². The molecule has 0 bridgehead atoms. The molecule has 1 aliphatic heterocycles. The van der Waals surface area contributed by atoms with Gasteiger partial charge in [-0.1, -0.05) is 36.0 Å². The number of carbonyl (C=O) groups excluding carboxylic acids is 1. The van der Waals surface area contributed by atoms with E-state index in [0.29, 0.717) is 5.75 Å². The molecule has 1 fully saturated rings. The lowest BCUT2D eigenvalue weighted by Crippen LogP contribution is -2.31. The van der Waals surface area contributed by atoms with E-state index in [2.05, 4.69) is 46.4 Å². The number of amides is 1. The van der Waals surface area contributed by atoms with Crippen molar-refractivity contribution in [2.45, 2.75) is 18.6 Å². The van der Waals surface area contributed by atoms with E-state index in [-0.39, 0.29) is 5.91 Å². The second kappa shape index (κ2) is 10.2. The van der Waals surface area contributed by atoms with Gasteiger partial charge in [-0.3, -0.25) is 14.3 Å². The standard InChI is InChI=1S/C23H26N4OS2/c1-18-4-2-7-21(14-18)27-9-8-24-23(27)30-17-22(28)25-20-6-3-5-19(15-20)16-26-10-12-29-13-11-26/h2-9,14-15H,10-13,16-17H2,1H3,(H,25,28). The minimum atomic E-state index is -0.0229.